The van der Waals surface area contributed by atoms with Crippen molar-refractivity contribution in [2.24, 2.45) is 5.92 Å². The van der Waals surface area contributed by atoms with Crippen molar-refractivity contribution in [1.29, 1.82) is 0 Å². The van der Waals surface area contributed by atoms with Gasteiger partial charge in [0.05, 0.1) is 10.8 Å². The predicted octanol–water partition coefficient (Wildman–Crippen LogP) is 2.96. The fourth-order valence-electron chi connectivity index (χ4n) is 4.64. The van der Waals surface area contributed by atoms with Crippen LogP contribution in [0.15, 0.2) is 53.4 Å². The molecule has 0 bridgehead atoms. The van der Waals surface area contributed by atoms with E-state index in [4.69, 9.17) is 0 Å². The minimum atomic E-state index is -3.56. The van der Waals surface area contributed by atoms with E-state index < -0.39 is 10.0 Å². The lowest BCUT2D eigenvalue weighted by Crippen LogP contribution is -2.45. The van der Waals surface area contributed by atoms with Crippen LogP contribution in [-0.4, -0.2) is 56.3 Å². The van der Waals surface area contributed by atoms with Gasteiger partial charge in [0.15, 0.2) is 0 Å². The van der Waals surface area contributed by atoms with Crippen molar-refractivity contribution in [2.75, 3.05) is 32.7 Å². The Kier molecular flexibility index (Phi) is 7.28. The van der Waals surface area contributed by atoms with Gasteiger partial charge in [-0.15, -0.1) is 0 Å². The summed E-state index contributed by atoms with van der Waals surface area (Å²) in [6.45, 7) is 6.26. The van der Waals surface area contributed by atoms with Crippen LogP contribution in [0.2, 0.25) is 0 Å². The van der Waals surface area contributed by atoms with Gasteiger partial charge in [-0.1, -0.05) is 42.0 Å². The summed E-state index contributed by atoms with van der Waals surface area (Å²) in [5, 5.41) is 3.04. The molecule has 4 rings (SSSR count). The zero-order valence-corrected chi connectivity index (χ0v) is 19.6. The van der Waals surface area contributed by atoms with Gasteiger partial charge in [-0.25, -0.2) is 8.42 Å². The van der Waals surface area contributed by atoms with Crippen LogP contribution in [0, 0.1) is 12.8 Å². The van der Waals surface area contributed by atoms with Gasteiger partial charge < -0.3 is 5.32 Å². The number of sulfonamides is 1. The fourth-order valence-corrected chi connectivity index (χ4v) is 6.16. The van der Waals surface area contributed by atoms with Gasteiger partial charge in [0.25, 0.3) is 0 Å². The molecule has 1 saturated heterocycles. The molecule has 2 aliphatic heterocycles. The average molecular weight is 456 g/mol. The molecule has 1 atom stereocenters. The van der Waals surface area contributed by atoms with Crippen molar-refractivity contribution in [3.05, 3.63) is 65.2 Å². The Bertz CT molecular complexity index is 1040. The van der Waals surface area contributed by atoms with Crippen LogP contribution in [0.1, 0.15) is 36.0 Å². The Morgan fingerprint density at radius 1 is 1.06 bits per heavy atom. The van der Waals surface area contributed by atoms with Crippen molar-refractivity contribution in [3.8, 4) is 0 Å². The van der Waals surface area contributed by atoms with E-state index in [1.807, 2.05) is 19.1 Å². The number of piperidine rings is 1. The SMILES string of the molecule is Cc1ccc(S(=O)(=O)N2CCC[C@@H](C(=O)NCCCN3CCc4ccccc4C3)C2)cc1. The van der Waals surface area contributed by atoms with E-state index in [2.05, 4.69) is 34.5 Å². The maximum absolute atomic E-state index is 13.0. The minimum absolute atomic E-state index is 0.0298. The third-order valence-corrected chi connectivity index (χ3v) is 8.45. The van der Waals surface area contributed by atoms with Crippen LogP contribution in [0.3, 0.4) is 0 Å². The maximum Gasteiger partial charge on any atom is 0.243 e. The summed E-state index contributed by atoms with van der Waals surface area (Å²) in [6, 6.07) is 15.5. The minimum Gasteiger partial charge on any atom is -0.356 e. The first-order chi connectivity index (χ1) is 15.4. The van der Waals surface area contributed by atoms with Gasteiger partial charge in [0.1, 0.15) is 0 Å². The number of rotatable bonds is 7. The monoisotopic (exact) mass is 455 g/mol. The fraction of sp³-hybridized carbons (Fsp3) is 0.480. The summed E-state index contributed by atoms with van der Waals surface area (Å²) >= 11 is 0. The van der Waals surface area contributed by atoms with Crippen LogP contribution in [-0.2, 0) is 27.8 Å². The van der Waals surface area contributed by atoms with E-state index in [0.29, 0.717) is 24.4 Å². The highest BCUT2D eigenvalue weighted by molar-refractivity contribution is 7.89. The Balaban J connectivity index is 1.24. The number of hydrogen-bond acceptors (Lipinski definition) is 4. The number of carbonyl (C=O) groups excluding carboxylic acids is 1. The third-order valence-electron chi connectivity index (χ3n) is 6.57. The van der Waals surface area contributed by atoms with Crippen LogP contribution in [0.25, 0.3) is 0 Å². The summed E-state index contributed by atoms with van der Waals surface area (Å²) in [4.78, 5) is 15.5. The number of fused-ring (bicyclic) bond motifs is 1. The van der Waals surface area contributed by atoms with E-state index >= 15 is 0 Å². The third kappa shape index (κ3) is 5.39. The standard InChI is InChI=1S/C25H33N3O3S/c1-20-9-11-24(12-10-20)32(30,31)28-16-4-8-23(19-28)25(29)26-14-5-15-27-17-13-21-6-2-3-7-22(21)18-27/h2-3,6-7,9-12,23H,4-5,8,13-19H2,1H3,(H,26,29)/t23-/m1/s1. The van der Waals surface area contributed by atoms with Gasteiger partial charge in [-0.3, -0.25) is 9.69 Å². The molecule has 0 aliphatic carbocycles. The van der Waals surface area contributed by atoms with E-state index in [0.717, 1.165) is 44.5 Å². The van der Waals surface area contributed by atoms with Gasteiger partial charge in [0.2, 0.25) is 15.9 Å². The van der Waals surface area contributed by atoms with Gasteiger partial charge in [-0.2, -0.15) is 4.31 Å². The largest absolute Gasteiger partial charge is 0.356 e. The first-order valence-electron chi connectivity index (χ1n) is 11.6. The van der Waals surface area contributed by atoms with E-state index in [1.165, 1.54) is 15.4 Å². The van der Waals surface area contributed by atoms with E-state index in [-0.39, 0.29) is 18.4 Å². The average Bonchev–Trinajstić information content (AvgIpc) is 2.82. The lowest BCUT2D eigenvalue weighted by molar-refractivity contribution is -0.126. The van der Waals surface area contributed by atoms with Crippen LogP contribution in [0.5, 0.6) is 0 Å². The summed E-state index contributed by atoms with van der Waals surface area (Å²) in [5.41, 5.74) is 3.87. The number of carbonyl (C=O) groups is 1. The Hall–Kier alpha value is -2.22. The summed E-state index contributed by atoms with van der Waals surface area (Å²) in [7, 11) is -3.56. The van der Waals surface area contributed by atoms with Crippen molar-refractivity contribution in [1.82, 2.24) is 14.5 Å². The van der Waals surface area contributed by atoms with Gasteiger partial charge >= 0.3 is 0 Å². The molecule has 1 fully saturated rings. The Morgan fingerprint density at radius 3 is 2.59 bits per heavy atom. The highest BCUT2D eigenvalue weighted by Gasteiger charge is 2.33. The van der Waals surface area contributed by atoms with Crippen molar-refractivity contribution in [2.45, 2.75) is 44.0 Å². The molecule has 6 nitrogen and oxygen atoms in total. The van der Waals surface area contributed by atoms with E-state index in [1.54, 1.807) is 12.1 Å². The zero-order valence-electron chi connectivity index (χ0n) is 18.8. The molecular formula is C25H33N3O3S. The molecule has 1 amide bonds. The van der Waals surface area contributed by atoms with E-state index in [9.17, 15) is 13.2 Å². The second-order valence-electron chi connectivity index (χ2n) is 8.95. The topological polar surface area (TPSA) is 69.7 Å². The molecule has 0 saturated carbocycles. The van der Waals surface area contributed by atoms with Gasteiger partial charge in [0, 0.05) is 39.3 Å². The first kappa shape index (κ1) is 23.0. The molecular weight excluding hydrogens is 422 g/mol. The quantitative estimate of drug-likeness (QED) is 0.652. The number of nitrogens with zero attached hydrogens (tertiary/aromatic N) is 2. The summed E-state index contributed by atoms with van der Waals surface area (Å²) < 4.78 is 27.4. The smallest absolute Gasteiger partial charge is 0.243 e. The molecule has 2 heterocycles. The molecule has 0 radical (unpaired) electrons. The molecule has 32 heavy (non-hydrogen) atoms. The number of hydrogen-bond donors (Lipinski definition) is 1. The predicted molar refractivity (Wildman–Crippen MR) is 126 cm³/mol. The van der Waals surface area contributed by atoms with Crippen molar-refractivity contribution < 1.29 is 13.2 Å². The number of aryl methyl sites for hydroxylation is 1. The van der Waals surface area contributed by atoms with Gasteiger partial charge in [-0.05, 0) is 55.9 Å². The first-order valence-corrected chi connectivity index (χ1v) is 13.0. The second kappa shape index (κ2) is 10.1. The molecule has 7 heteroatoms. The Labute approximate surface area is 191 Å². The number of amides is 1. The van der Waals surface area contributed by atoms with Crippen LogP contribution < -0.4 is 5.32 Å². The summed E-state index contributed by atoms with van der Waals surface area (Å²) in [5.74, 6) is -0.316. The highest BCUT2D eigenvalue weighted by atomic mass is 32.2. The highest BCUT2D eigenvalue weighted by Crippen LogP contribution is 2.24. The molecule has 2 aromatic carbocycles. The van der Waals surface area contributed by atoms with Crippen molar-refractivity contribution in [3.63, 3.8) is 0 Å². The van der Waals surface area contributed by atoms with Crippen LogP contribution in [0.4, 0.5) is 0 Å². The maximum atomic E-state index is 13.0. The molecule has 0 aromatic heterocycles. The lowest BCUT2D eigenvalue weighted by Gasteiger charge is -2.31. The molecule has 1 N–H and O–H groups in total. The second-order valence-corrected chi connectivity index (χ2v) is 10.9. The Morgan fingerprint density at radius 2 is 1.81 bits per heavy atom. The molecule has 0 unspecified atom stereocenters. The molecule has 2 aliphatic rings. The van der Waals surface area contributed by atoms with Crippen molar-refractivity contribution >= 4 is 15.9 Å². The lowest BCUT2D eigenvalue weighted by atomic mass is 9.98. The van der Waals surface area contributed by atoms with Crippen LogP contribution >= 0.6 is 0 Å². The molecule has 2 aromatic rings. The molecule has 0 spiro atoms. The zero-order chi connectivity index (χ0) is 22.6. The molecule has 172 valence electrons. The number of benzene rings is 2. The number of nitrogens with one attached hydrogen (secondary N) is 1. The summed E-state index contributed by atoms with van der Waals surface area (Å²) in [6.07, 6.45) is 3.41. The normalized spacial score (nSPS) is 20.0.